The van der Waals surface area contributed by atoms with Gasteiger partial charge in [-0.25, -0.2) is 8.42 Å². The molecule has 0 aliphatic heterocycles. The minimum atomic E-state index is -3.59. The number of hydrogen-bond donors (Lipinski definition) is 1. The number of hydrogen-bond acceptors (Lipinski definition) is 5. The third-order valence-corrected chi connectivity index (χ3v) is 7.72. The van der Waals surface area contributed by atoms with Crippen molar-refractivity contribution in [1.29, 1.82) is 0 Å². The molecule has 0 aliphatic rings. The number of anilines is 1. The average Bonchev–Trinajstić information content (AvgIpc) is 2.86. The fourth-order valence-corrected chi connectivity index (χ4v) is 5.26. The zero-order chi connectivity index (χ0) is 28.3. The molecular weight excluding hydrogens is 549 g/mol. The Bertz CT molecular complexity index is 1180. The van der Waals surface area contributed by atoms with Gasteiger partial charge in [-0.1, -0.05) is 42.6 Å². The maximum atomic E-state index is 13.4. The number of amides is 2. The van der Waals surface area contributed by atoms with Crippen LogP contribution in [0.3, 0.4) is 0 Å². The summed E-state index contributed by atoms with van der Waals surface area (Å²) in [5.74, 6) is 0.0981. The molecule has 0 aliphatic carbocycles. The Morgan fingerprint density at radius 1 is 1.05 bits per heavy atom. The van der Waals surface area contributed by atoms with Crippen LogP contribution in [-0.4, -0.2) is 57.1 Å². The lowest BCUT2D eigenvalue weighted by Crippen LogP contribution is -2.48. The van der Waals surface area contributed by atoms with Crippen molar-refractivity contribution in [3.63, 3.8) is 0 Å². The minimum absolute atomic E-state index is 0.0425. The van der Waals surface area contributed by atoms with Crippen LogP contribution >= 0.6 is 23.2 Å². The molecule has 0 radical (unpaired) electrons. The van der Waals surface area contributed by atoms with Crippen molar-refractivity contribution in [3.8, 4) is 5.75 Å². The molecule has 1 atom stereocenters. The van der Waals surface area contributed by atoms with E-state index in [-0.39, 0.29) is 37.7 Å². The molecule has 0 spiro atoms. The molecule has 2 rings (SSSR count). The summed E-state index contributed by atoms with van der Waals surface area (Å²) in [5, 5.41) is 3.74. The van der Waals surface area contributed by atoms with E-state index < -0.39 is 16.1 Å². The Labute approximate surface area is 236 Å². The van der Waals surface area contributed by atoms with Gasteiger partial charge in [0, 0.05) is 36.1 Å². The van der Waals surface area contributed by atoms with Crippen LogP contribution in [0.25, 0.3) is 0 Å². The summed E-state index contributed by atoms with van der Waals surface area (Å²) < 4.78 is 31.7. The number of benzene rings is 2. The first-order valence-corrected chi connectivity index (χ1v) is 15.3. The van der Waals surface area contributed by atoms with Gasteiger partial charge in [-0.2, -0.15) is 0 Å². The standard InChI is InChI=1S/C27H37Cl2N3O5S/c1-5-7-16-30-27(34)20(3)31(19-21-10-11-22(28)18-25(21)29)26(33)9-8-17-32(38(4,35)36)23-12-14-24(15-13-23)37-6-2/h10-15,18,20H,5-9,16-17,19H2,1-4H3,(H,30,34). The molecule has 8 nitrogen and oxygen atoms in total. The van der Waals surface area contributed by atoms with Crippen LogP contribution in [0.5, 0.6) is 5.75 Å². The summed E-state index contributed by atoms with van der Waals surface area (Å²) in [6.45, 7) is 6.82. The molecule has 2 aromatic carbocycles. The van der Waals surface area contributed by atoms with Crippen molar-refractivity contribution >= 4 is 50.7 Å². The normalized spacial score (nSPS) is 12.1. The quantitative estimate of drug-likeness (QED) is 0.287. The second-order valence-electron chi connectivity index (χ2n) is 8.94. The molecule has 1 unspecified atom stereocenters. The van der Waals surface area contributed by atoms with Crippen LogP contribution in [-0.2, 0) is 26.2 Å². The van der Waals surface area contributed by atoms with E-state index in [1.54, 1.807) is 49.4 Å². The Hall–Kier alpha value is -2.49. The van der Waals surface area contributed by atoms with Gasteiger partial charge in [0.25, 0.3) is 0 Å². The van der Waals surface area contributed by atoms with Crippen LogP contribution in [0, 0.1) is 0 Å². The van der Waals surface area contributed by atoms with Crippen molar-refractivity contribution < 1.29 is 22.7 Å². The molecule has 0 heterocycles. The van der Waals surface area contributed by atoms with Gasteiger partial charge in [-0.05, 0) is 68.7 Å². The lowest BCUT2D eigenvalue weighted by atomic mass is 10.1. The molecular formula is C27H37Cl2N3O5S. The van der Waals surface area contributed by atoms with Crippen LogP contribution in [0.4, 0.5) is 5.69 Å². The highest BCUT2D eigenvalue weighted by atomic mass is 35.5. The van der Waals surface area contributed by atoms with Crippen LogP contribution in [0.2, 0.25) is 10.0 Å². The number of nitrogens with zero attached hydrogens (tertiary/aromatic N) is 2. The first-order chi connectivity index (χ1) is 18.0. The van der Waals surface area contributed by atoms with Gasteiger partial charge in [-0.15, -0.1) is 0 Å². The molecule has 2 amide bonds. The molecule has 0 saturated heterocycles. The van der Waals surface area contributed by atoms with Gasteiger partial charge in [0.05, 0.1) is 18.6 Å². The first kappa shape index (κ1) is 31.7. The average molecular weight is 587 g/mol. The molecule has 0 fully saturated rings. The van der Waals surface area contributed by atoms with E-state index in [9.17, 15) is 18.0 Å². The predicted octanol–water partition coefficient (Wildman–Crippen LogP) is 5.27. The van der Waals surface area contributed by atoms with Gasteiger partial charge in [-0.3, -0.25) is 13.9 Å². The van der Waals surface area contributed by atoms with E-state index in [1.807, 2.05) is 13.8 Å². The summed E-state index contributed by atoms with van der Waals surface area (Å²) >= 11 is 12.4. The number of nitrogens with one attached hydrogen (secondary N) is 1. The third kappa shape index (κ3) is 9.67. The van der Waals surface area contributed by atoms with Crippen molar-refractivity contribution in [2.45, 2.75) is 59.0 Å². The summed E-state index contributed by atoms with van der Waals surface area (Å²) in [7, 11) is -3.59. The fourth-order valence-electron chi connectivity index (χ4n) is 3.83. The monoisotopic (exact) mass is 585 g/mol. The molecule has 2 aromatic rings. The van der Waals surface area contributed by atoms with Crippen LogP contribution < -0.4 is 14.4 Å². The number of ether oxygens (including phenoxy) is 1. The van der Waals surface area contributed by atoms with E-state index in [4.69, 9.17) is 27.9 Å². The first-order valence-electron chi connectivity index (χ1n) is 12.7. The van der Waals surface area contributed by atoms with Crippen LogP contribution in [0.15, 0.2) is 42.5 Å². The minimum Gasteiger partial charge on any atom is -0.494 e. The molecule has 210 valence electrons. The Balaban J connectivity index is 2.17. The molecule has 0 aromatic heterocycles. The van der Waals surface area contributed by atoms with Gasteiger partial charge in [0.15, 0.2) is 0 Å². The maximum Gasteiger partial charge on any atom is 0.242 e. The fraction of sp³-hybridized carbons (Fsp3) is 0.481. The number of rotatable bonds is 15. The third-order valence-electron chi connectivity index (χ3n) is 5.94. The summed E-state index contributed by atoms with van der Waals surface area (Å²) in [5.41, 5.74) is 1.14. The zero-order valence-electron chi connectivity index (χ0n) is 22.4. The summed E-state index contributed by atoms with van der Waals surface area (Å²) in [6, 6.07) is 11.0. The second-order valence-corrected chi connectivity index (χ2v) is 11.7. The summed E-state index contributed by atoms with van der Waals surface area (Å²) in [6.07, 6.45) is 3.20. The van der Waals surface area contributed by atoms with Crippen molar-refractivity contribution in [1.82, 2.24) is 10.2 Å². The lowest BCUT2D eigenvalue weighted by Gasteiger charge is -2.30. The van der Waals surface area contributed by atoms with Gasteiger partial charge in [0.2, 0.25) is 21.8 Å². The second kappa shape index (κ2) is 15.2. The largest absolute Gasteiger partial charge is 0.494 e. The van der Waals surface area contributed by atoms with Gasteiger partial charge < -0.3 is 15.0 Å². The highest BCUT2D eigenvalue weighted by Gasteiger charge is 2.27. The van der Waals surface area contributed by atoms with Crippen molar-refractivity contribution in [2.24, 2.45) is 0 Å². The van der Waals surface area contributed by atoms with E-state index in [0.717, 1.165) is 19.1 Å². The number of unbranched alkanes of at least 4 members (excludes halogenated alkanes) is 1. The van der Waals surface area contributed by atoms with E-state index in [2.05, 4.69) is 5.32 Å². The zero-order valence-corrected chi connectivity index (χ0v) is 24.7. The van der Waals surface area contributed by atoms with Crippen molar-refractivity contribution in [3.05, 3.63) is 58.1 Å². The topological polar surface area (TPSA) is 96.0 Å². The Morgan fingerprint density at radius 2 is 1.74 bits per heavy atom. The van der Waals surface area contributed by atoms with Gasteiger partial charge >= 0.3 is 0 Å². The maximum absolute atomic E-state index is 13.4. The molecule has 0 saturated carbocycles. The number of halogens is 2. The smallest absolute Gasteiger partial charge is 0.242 e. The predicted molar refractivity (Wildman–Crippen MR) is 153 cm³/mol. The molecule has 1 N–H and O–H groups in total. The van der Waals surface area contributed by atoms with E-state index >= 15 is 0 Å². The number of carbonyl (C=O) groups is 2. The SMILES string of the molecule is CCCCNC(=O)C(C)N(Cc1ccc(Cl)cc1Cl)C(=O)CCCN(c1ccc(OCC)cc1)S(C)(=O)=O. The highest BCUT2D eigenvalue weighted by Crippen LogP contribution is 2.25. The van der Waals surface area contributed by atoms with Crippen LogP contribution in [0.1, 0.15) is 52.0 Å². The van der Waals surface area contributed by atoms with E-state index in [1.165, 1.54) is 9.21 Å². The molecule has 38 heavy (non-hydrogen) atoms. The summed E-state index contributed by atoms with van der Waals surface area (Å²) in [4.78, 5) is 27.7. The number of carbonyl (C=O) groups excluding carboxylic acids is 2. The van der Waals surface area contributed by atoms with Gasteiger partial charge in [0.1, 0.15) is 11.8 Å². The molecule has 11 heteroatoms. The lowest BCUT2D eigenvalue weighted by molar-refractivity contribution is -0.140. The number of sulfonamides is 1. The molecule has 0 bridgehead atoms. The Morgan fingerprint density at radius 3 is 2.32 bits per heavy atom. The van der Waals surface area contributed by atoms with E-state index in [0.29, 0.717) is 40.2 Å². The Kier molecular flexibility index (Phi) is 12.7. The van der Waals surface area contributed by atoms with Crippen molar-refractivity contribution in [2.75, 3.05) is 30.3 Å². The highest BCUT2D eigenvalue weighted by molar-refractivity contribution is 7.92.